The van der Waals surface area contributed by atoms with Crippen molar-refractivity contribution in [2.45, 2.75) is 57.1 Å². The van der Waals surface area contributed by atoms with Crippen LogP contribution in [0.4, 0.5) is 0 Å². The summed E-state index contributed by atoms with van der Waals surface area (Å²) >= 11 is 0. The summed E-state index contributed by atoms with van der Waals surface area (Å²) in [6.07, 6.45) is 8.22. The summed E-state index contributed by atoms with van der Waals surface area (Å²) in [6, 6.07) is 6.26. The minimum Gasteiger partial charge on any atom is -0.490 e. The molecule has 1 saturated carbocycles. The molecule has 1 aromatic rings. The maximum Gasteiger partial charge on any atom is 0.235 e. The van der Waals surface area contributed by atoms with Crippen LogP contribution in [0.25, 0.3) is 0 Å². The number of para-hydroxylation sites is 1. The summed E-state index contributed by atoms with van der Waals surface area (Å²) in [7, 11) is 0. The molecule has 0 saturated heterocycles. The van der Waals surface area contributed by atoms with Crippen molar-refractivity contribution in [3.05, 3.63) is 29.3 Å². The van der Waals surface area contributed by atoms with Crippen LogP contribution >= 0.6 is 0 Å². The Labute approximate surface area is 113 Å². The highest BCUT2D eigenvalue weighted by Gasteiger charge is 2.39. The summed E-state index contributed by atoms with van der Waals surface area (Å²) in [6.45, 7) is 2.10. The van der Waals surface area contributed by atoms with Crippen LogP contribution in [-0.4, -0.2) is 12.2 Å². The summed E-state index contributed by atoms with van der Waals surface area (Å²) in [5, 5.41) is 0. The molecule has 1 aliphatic carbocycles. The second kappa shape index (κ2) is 4.82. The predicted octanol–water partition coefficient (Wildman–Crippen LogP) is 3.51. The molecule has 100 valence electrons. The van der Waals surface area contributed by atoms with Crippen LogP contribution in [0.2, 0.25) is 0 Å². The van der Waals surface area contributed by atoms with Gasteiger partial charge in [0.1, 0.15) is 11.3 Å². The molecule has 1 aliphatic heterocycles. The van der Waals surface area contributed by atoms with E-state index in [2.05, 4.69) is 30.1 Å². The molecule has 1 atom stereocenters. The van der Waals surface area contributed by atoms with Gasteiger partial charge in [0.25, 0.3) is 0 Å². The summed E-state index contributed by atoms with van der Waals surface area (Å²) in [5.41, 5.74) is 1.96. The molecule has 1 fully saturated rings. The second-order valence-electron chi connectivity index (χ2n) is 5.70. The molecule has 0 N–H and O–H groups in total. The predicted molar refractivity (Wildman–Crippen MR) is 73.1 cm³/mol. The van der Waals surface area contributed by atoms with E-state index in [1.54, 1.807) is 6.08 Å². The Morgan fingerprint density at radius 2 is 2.16 bits per heavy atom. The molecule has 0 radical (unpaired) electrons. The third-order valence-electron chi connectivity index (χ3n) is 4.43. The van der Waals surface area contributed by atoms with Gasteiger partial charge in [0.15, 0.2) is 0 Å². The molecule has 0 aromatic heterocycles. The number of fused-ring (bicyclic) bond motifs is 1. The summed E-state index contributed by atoms with van der Waals surface area (Å²) in [4.78, 5) is 15.0. The Morgan fingerprint density at radius 1 is 1.37 bits per heavy atom. The number of isocyanates is 1. The fraction of sp³-hybridized carbons (Fsp3) is 0.562. The van der Waals surface area contributed by atoms with E-state index in [0.717, 1.165) is 49.8 Å². The number of hydrogen-bond donors (Lipinski definition) is 0. The van der Waals surface area contributed by atoms with Gasteiger partial charge in [0, 0.05) is 5.56 Å². The lowest BCUT2D eigenvalue weighted by atomic mass is 9.85. The van der Waals surface area contributed by atoms with Gasteiger partial charge < -0.3 is 4.74 Å². The Kier molecular flexibility index (Phi) is 3.16. The highest BCUT2D eigenvalue weighted by Crippen LogP contribution is 2.47. The smallest absolute Gasteiger partial charge is 0.235 e. The van der Waals surface area contributed by atoms with Crippen LogP contribution in [0, 0.1) is 0 Å². The van der Waals surface area contributed by atoms with Gasteiger partial charge in [-0.05, 0) is 38.2 Å². The van der Waals surface area contributed by atoms with Crippen LogP contribution in [0.15, 0.2) is 23.2 Å². The van der Waals surface area contributed by atoms with Crippen LogP contribution < -0.4 is 4.74 Å². The van der Waals surface area contributed by atoms with Gasteiger partial charge in [-0.25, -0.2) is 4.79 Å². The first-order valence-corrected chi connectivity index (χ1v) is 7.13. The lowest BCUT2D eigenvalue weighted by molar-refractivity contribution is 0.186. The summed E-state index contributed by atoms with van der Waals surface area (Å²) < 4.78 is 6.06. The molecule has 1 aromatic carbocycles. The number of rotatable bonds is 2. The molecule has 19 heavy (non-hydrogen) atoms. The zero-order valence-electron chi connectivity index (χ0n) is 11.3. The Bertz CT molecular complexity index is 526. The van der Waals surface area contributed by atoms with Crippen molar-refractivity contribution < 1.29 is 9.53 Å². The molecular weight excluding hydrogens is 238 g/mol. The van der Waals surface area contributed by atoms with Gasteiger partial charge in [0.05, 0.1) is 6.10 Å². The Morgan fingerprint density at radius 3 is 2.89 bits per heavy atom. The average molecular weight is 257 g/mol. The number of nitrogens with zero attached hydrogens (tertiary/aromatic N) is 1. The third kappa shape index (κ3) is 2.08. The van der Waals surface area contributed by atoms with Crippen molar-refractivity contribution in [3.8, 4) is 5.75 Å². The number of hydrogen-bond acceptors (Lipinski definition) is 3. The number of benzene rings is 1. The van der Waals surface area contributed by atoms with Gasteiger partial charge in [-0.3, -0.25) is 0 Å². The molecule has 2 aliphatic rings. The highest BCUT2D eigenvalue weighted by atomic mass is 16.5. The molecule has 0 amide bonds. The van der Waals surface area contributed by atoms with Crippen molar-refractivity contribution in [3.63, 3.8) is 0 Å². The minimum atomic E-state index is -0.385. The van der Waals surface area contributed by atoms with E-state index in [9.17, 15) is 4.79 Å². The highest BCUT2D eigenvalue weighted by molar-refractivity contribution is 5.49. The number of aliphatic imine (C=N–C) groups is 1. The van der Waals surface area contributed by atoms with E-state index in [4.69, 9.17) is 4.74 Å². The quantitative estimate of drug-likeness (QED) is 0.600. The molecule has 3 heteroatoms. The van der Waals surface area contributed by atoms with E-state index in [0.29, 0.717) is 0 Å². The zero-order chi connectivity index (χ0) is 13.3. The first kappa shape index (κ1) is 12.4. The molecule has 3 nitrogen and oxygen atoms in total. The van der Waals surface area contributed by atoms with E-state index in [1.165, 1.54) is 5.56 Å². The van der Waals surface area contributed by atoms with Crippen LogP contribution in [0.3, 0.4) is 0 Å². The van der Waals surface area contributed by atoms with Gasteiger partial charge in [-0.1, -0.05) is 31.0 Å². The normalized spacial score (nSPS) is 24.2. The molecule has 3 rings (SSSR count). The minimum absolute atomic E-state index is 0.243. The van der Waals surface area contributed by atoms with Crippen molar-refractivity contribution >= 4 is 6.08 Å². The van der Waals surface area contributed by atoms with E-state index < -0.39 is 0 Å². The lowest BCUT2D eigenvalue weighted by Crippen LogP contribution is -2.25. The van der Waals surface area contributed by atoms with E-state index >= 15 is 0 Å². The fourth-order valence-corrected chi connectivity index (χ4v) is 3.39. The topological polar surface area (TPSA) is 38.7 Å². The Balaban J connectivity index is 2.11. The molecule has 1 unspecified atom stereocenters. The van der Waals surface area contributed by atoms with Crippen molar-refractivity contribution in [2.75, 3.05) is 0 Å². The summed E-state index contributed by atoms with van der Waals surface area (Å²) in [5.74, 6) is 0.974. The van der Waals surface area contributed by atoms with Gasteiger partial charge in [0.2, 0.25) is 6.08 Å². The first-order chi connectivity index (χ1) is 9.25. The number of aryl methyl sites for hydroxylation is 1. The van der Waals surface area contributed by atoms with Gasteiger partial charge >= 0.3 is 0 Å². The van der Waals surface area contributed by atoms with Crippen LogP contribution in [-0.2, 0) is 16.8 Å². The van der Waals surface area contributed by atoms with Crippen molar-refractivity contribution in [1.82, 2.24) is 0 Å². The monoisotopic (exact) mass is 257 g/mol. The van der Waals surface area contributed by atoms with Crippen LogP contribution in [0.1, 0.15) is 50.2 Å². The largest absolute Gasteiger partial charge is 0.490 e. The molecular formula is C16H19NO2. The third-order valence-corrected chi connectivity index (χ3v) is 4.43. The maximum atomic E-state index is 10.8. The SMILES string of the molecule is CC1CCc2cccc(C3(N=C=O)CCCC3)c2O1. The van der Waals surface area contributed by atoms with E-state index in [-0.39, 0.29) is 11.6 Å². The van der Waals surface area contributed by atoms with Gasteiger partial charge in [-0.2, -0.15) is 4.99 Å². The van der Waals surface area contributed by atoms with Crippen LogP contribution in [0.5, 0.6) is 5.75 Å². The van der Waals surface area contributed by atoms with Crippen molar-refractivity contribution in [1.29, 1.82) is 0 Å². The van der Waals surface area contributed by atoms with Gasteiger partial charge in [-0.15, -0.1) is 0 Å². The Hall–Kier alpha value is -1.60. The molecule has 0 spiro atoms. The number of carbonyl (C=O) groups excluding carboxylic acids is 1. The second-order valence-corrected chi connectivity index (χ2v) is 5.70. The maximum absolute atomic E-state index is 10.8. The molecule has 1 heterocycles. The van der Waals surface area contributed by atoms with Crippen molar-refractivity contribution in [2.24, 2.45) is 4.99 Å². The lowest BCUT2D eigenvalue weighted by Gasteiger charge is -2.31. The fourth-order valence-electron chi connectivity index (χ4n) is 3.39. The number of ether oxygens (including phenoxy) is 1. The average Bonchev–Trinajstić information content (AvgIpc) is 2.88. The van der Waals surface area contributed by atoms with E-state index in [1.807, 2.05) is 0 Å². The first-order valence-electron chi connectivity index (χ1n) is 7.13. The molecule has 0 bridgehead atoms. The standard InChI is InChI=1S/C16H19NO2/c1-12-7-8-13-5-4-6-14(15(13)19-12)16(17-11-18)9-2-3-10-16/h4-6,12H,2-3,7-10H2,1H3. The zero-order valence-corrected chi connectivity index (χ0v) is 11.3.